The molecule has 3 rings (SSSR count). The summed E-state index contributed by atoms with van der Waals surface area (Å²) in [5.41, 5.74) is 4.42. The summed E-state index contributed by atoms with van der Waals surface area (Å²) in [7, 11) is 0. The van der Waals surface area contributed by atoms with E-state index in [0.717, 1.165) is 28.3 Å². The largest absolute Gasteiger partial charge is 0.369 e. The molecule has 0 saturated carbocycles. The molecule has 0 aliphatic heterocycles. The van der Waals surface area contributed by atoms with E-state index in [2.05, 4.69) is 27.4 Å². The summed E-state index contributed by atoms with van der Waals surface area (Å²) in [6.45, 7) is 1.20. The molecule has 1 heterocycles. The van der Waals surface area contributed by atoms with Crippen molar-refractivity contribution in [3.63, 3.8) is 0 Å². The second kappa shape index (κ2) is 10.3. The number of azo groups is 1. The van der Waals surface area contributed by atoms with Crippen LogP contribution in [0.15, 0.2) is 83.2 Å². The molecule has 0 radical (unpaired) electrons. The lowest BCUT2D eigenvalue weighted by molar-refractivity contribution is 0.796. The van der Waals surface area contributed by atoms with Crippen molar-refractivity contribution < 1.29 is 0 Å². The Kier molecular flexibility index (Phi) is 7.03. The predicted octanol–water partition coefficient (Wildman–Crippen LogP) is 5.80. The van der Waals surface area contributed by atoms with Gasteiger partial charge in [0.2, 0.25) is 0 Å². The van der Waals surface area contributed by atoms with Crippen molar-refractivity contribution in [2.45, 2.75) is 12.8 Å². The molecule has 0 fully saturated rings. The molecule has 0 unspecified atom stereocenters. The lowest BCUT2D eigenvalue weighted by Crippen LogP contribution is -2.25. The molecule has 0 N–H and O–H groups in total. The first-order chi connectivity index (χ1) is 14.3. The van der Waals surface area contributed by atoms with Gasteiger partial charge in [-0.05, 0) is 48.5 Å². The molecule has 0 aliphatic carbocycles. The number of rotatable bonds is 8. The third kappa shape index (κ3) is 5.72. The molecule has 0 spiro atoms. The van der Waals surface area contributed by atoms with Crippen molar-refractivity contribution in [3.05, 3.63) is 72.9 Å². The molecule has 2 aromatic carbocycles. The number of hydrogen-bond donors (Lipinski definition) is 0. The first kappa shape index (κ1) is 19.7. The van der Waals surface area contributed by atoms with E-state index in [9.17, 15) is 0 Å². The van der Waals surface area contributed by atoms with Gasteiger partial charge in [0.05, 0.1) is 42.0 Å². The van der Waals surface area contributed by atoms with Crippen LogP contribution in [0.1, 0.15) is 12.8 Å². The lowest BCUT2D eigenvalue weighted by Gasteiger charge is -2.22. The number of anilines is 1. The van der Waals surface area contributed by atoms with Crippen LogP contribution in [-0.4, -0.2) is 18.1 Å². The molecule has 0 saturated heterocycles. The monoisotopic (exact) mass is 380 g/mol. The first-order valence-electron chi connectivity index (χ1n) is 9.32. The summed E-state index contributed by atoms with van der Waals surface area (Å²) in [6.07, 6.45) is 2.61. The highest BCUT2D eigenvalue weighted by Crippen LogP contribution is 2.24. The van der Waals surface area contributed by atoms with Crippen LogP contribution in [0.5, 0.6) is 0 Å². The maximum atomic E-state index is 8.82. The lowest BCUT2D eigenvalue weighted by atomic mass is 10.1. The van der Waals surface area contributed by atoms with Crippen LogP contribution in [0.25, 0.3) is 11.3 Å². The van der Waals surface area contributed by atoms with Gasteiger partial charge in [-0.2, -0.15) is 20.8 Å². The molecule has 0 bridgehead atoms. The van der Waals surface area contributed by atoms with Crippen LogP contribution in [0.2, 0.25) is 0 Å². The van der Waals surface area contributed by atoms with Gasteiger partial charge >= 0.3 is 0 Å². The van der Waals surface area contributed by atoms with Crippen molar-refractivity contribution in [1.82, 2.24) is 4.98 Å². The maximum Gasteiger partial charge on any atom is 0.0858 e. The van der Waals surface area contributed by atoms with E-state index in [1.54, 1.807) is 6.20 Å². The number of hydrogen-bond acceptors (Lipinski definition) is 6. The summed E-state index contributed by atoms with van der Waals surface area (Å²) >= 11 is 0. The second-order valence-electron chi connectivity index (χ2n) is 6.28. The molecule has 0 aliphatic rings. The Balaban J connectivity index is 1.66. The van der Waals surface area contributed by atoms with Gasteiger partial charge in [-0.3, -0.25) is 4.98 Å². The molecule has 142 valence electrons. The fraction of sp³-hybridized carbons (Fsp3) is 0.174. The van der Waals surface area contributed by atoms with Crippen molar-refractivity contribution in [2.24, 2.45) is 10.2 Å². The molecular formula is C23H20N6. The van der Waals surface area contributed by atoms with Crippen LogP contribution < -0.4 is 4.90 Å². The van der Waals surface area contributed by atoms with E-state index < -0.39 is 0 Å². The number of benzene rings is 2. The highest BCUT2D eigenvalue weighted by atomic mass is 15.1. The number of pyridine rings is 1. The zero-order valence-corrected chi connectivity index (χ0v) is 15.9. The van der Waals surface area contributed by atoms with Gasteiger partial charge in [0, 0.05) is 30.5 Å². The minimum Gasteiger partial charge on any atom is -0.369 e. The fourth-order valence-electron chi connectivity index (χ4n) is 2.82. The minimum atomic E-state index is 0.418. The molecule has 29 heavy (non-hydrogen) atoms. The summed E-state index contributed by atoms with van der Waals surface area (Å²) in [6, 6.07) is 25.5. The Hall–Kier alpha value is -4.03. The van der Waals surface area contributed by atoms with Crippen LogP contribution in [0, 0.1) is 22.7 Å². The van der Waals surface area contributed by atoms with Crippen molar-refractivity contribution in [2.75, 3.05) is 18.0 Å². The number of nitriles is 2. The zero-order valence-electron chi connectivity index (χ0n) is 15.9. The Morgan fingerprint density at radius 2 is 1.34 bits per heavy atom. The Morgan fingerprint density at radius 1 is 0.759 bits per heavy atom. The summed E-state index contributed by atoms with van der Waals surface area (Å²) in [5.74, 6) is 0. The Labute approximate surface area is 170 Å². The van der Waals surface area contributed by atoms with E-state index >= 15 is 0 Å². The maximum absolute atomic E-state index is 8.82. The number of nitrogens with zero attached hydrogens (tertiary/aromatic N) is 6. The van der Waals surface area contributed by atoms with Gasteiger partial charge in [-0.1, -0.05) is 18.2 Å². The van der Waals surface area contributed by atoms with E-state index in [1.807, 2.05) is 71.6 Å². The third-order valence-electron chi connectivity index (χ3n) is 4.31. The Bertz CT molecular complexity index is 994. The van der Waals surface area contributed by atoms with Crippen molar-refractivity contribution >= 4 is 17.1 Å². The van der Waals surface area contributed by atoms with Gasteiger partial charge in [-0.15, -0.1) is 0 Å². The average molecular weight is 380 g/mol. The van der Waals surface area contributed by atoms with Gasteiger partial charge in [0.1, 0.15) is 0 Å². The molecule has 6 nitrogen and oxygen atoms in total. The normalized spacial score (nSPS) is 10.4. The molecular weight excluding hydrogens is 360 g/mol. The van der Waals surface area contributed by atoms with Crippen LogP contribution in [0.4, 0.5) is 17.1 Å². The molecule has 1 aromatic heterocycles. The molecule has 3 aromatic rings. The van der Waals surface area contributed by atoms with E-state index in [-0.39, 0.29) is 0 Å². The van der Waals surface area contributed by atoms with Crippen LogP contribution in [0.3, 0.4) is 0 Å². The minimum absolute atomic E-state index is 0.418. The van der Waals surface area contributed by atoms with Gasteiger partial charge in [0.15, 0.2) is 0 Å². The third-order valence-corrected chi connectivity index (χ3v) is 4.31. The van der Waals surface area contributed by atoms with E-state index in [0.29, 0.717) is 25.9 Å². The standard InChI is InChI=1S/C23H20N6/c24-14-3-17-29(18-4-15-25)22-12-10-21(11-13-22)28-27-20-8-6-19(7-9-20)23-5-1-2-16-26-23/h1-2,5-13,16H,3-4,17-18H2. The van der Waals surface area contributed by atoms with Gasteiger partial charge < -0.3 is 4.90 Å². The van der Waals surface area contributed by atoms with Gasteiger partial charge in [0.25, 0.3) is 0 Å². The molecule has 6 heteroatoms. The molecule has 0 amide bonds. The summed E-state index contributed by atoms with van der Waals surface area (Å²) < 4.78 is 0. The topological polar surface area (TPSA) is 88.4 Å². The second-order valence-corrected chi connectivity index (χ2v) is 6.28. The van der Waals surface area contributed by atoms with Crippen LogP contribution >= 0.6 is 0 Å². The zero-order chi connectivity index (χ0) is 20.3. The van der Waals surface area contributed by atoms with Crippen molar-refractivity contribution in [3.8, 4) is 23.4 Å². The predicted molar refractivity (Wildman–Crippen MR) is 113 cm³/mol. The number of aromatic nitrogens is 1. The van der Waals surface area contributed by atoms with E-state index in [4.69, 9.17) is 10.5 Å². The van der Waals surface area contributed by atoms with Gasteiger partial charge in [-0.25, -0.2) is 0 Å². The summed E-state index contributed by atoms with van der Waals surface area (Å²) in [4.78, 5) is 6.37. The SMILES string of the molecule is N#CCCN(CCC#N)c1ccc(N=Nc2ccc(-c3ccccn3)cc2)cc1. The van der Waals surface area contributed by atoms with E-state index in [1.165, 1.54) is 0 Å². The van der Waals surface area contributed by atoms with Crippen LogP contribution in [-0.2, 0) is 0 Å². The molecule has 0 atom stereocenters. The quantitative estimate of drug-likeness (QED) is 0.462. The first-order valence-corrected chi connectivity index (χ1v) is 9.32. The highest BCUT2D eigenvalue weighted by molar-refractivity contribution is 5.61. The summed E-state index contributed by atoms with van der Waals surface area (Å²) in [5, 5.41) is 26.2. The average Bonchev–Trinajstić information content (AvgIpc) is 2.79. The highest BCUT2D eigenvalue weighted by Gasteiger charge is 2.06. The Morgan fingerprint density at radius 3 is 1.86 bits per heavy atom. The smallest absolute Gasteiger partial charge is 0.0858 e. The van der Waals surface area contributed by atoms with Crippen molar-refractivity contribution in [1.29, 1.82) is 10.5 Å². The fourth-order valence-corrected chi connectivity index (χ4v) is 2.82.